The van der Waals surface area contributed by atoms with Gasteiger partial charge in [-0.2, -0.15) is 0 Å². The summed E-state index contributed by atoms with van der Waals surface area (Å²) in [6.07, 6.45) is 8.27. The van der Waals surface area contributed by atoms with E-state index >= 15 is 0 Å². The van der Waals surface area contributed by atoms with Crippen molar-refractivity contribution in [3.05, 3.63) is 23.3 Å². The number of carbonyl (C=O) groups excluding carboxylic acids is 2. The lowest BCUT2D eigenvalue weighted by Gasteiger charge is -2.60. The predicted octanol–water partition coefficient (Wildman–Crippen LogP) is 3.35. The minimum absolute atomic E-state index is 0.00235. The van der Waals surface area contributed by atoms with E-state index in [1.807, 2.05) is 6.92 Å². The van der Waals surface area contributed by atoms with Gasteiger partial charge in [-0.3, -0.25) is 4.79 Å². The van der Waals surface area contributed by atoms with E-state index in [0.717, 1.165) is 37.7 Å². The summed E-state index contributed by atoms with van der Waals surface area (Å²) in [6.45, 7) is 8.37. The normalized spacial score (nSPS) is 52.4. The summed E-state index contributed by atoms with van der Waals surface area (Å²) in [5, 5.41) is 20.2. The van der Waals surface area contributed by atoms with Crippen LogP contribution in [0.1, 0.15) is 66.2 Å². The van der Waals surface area contributed by atoms with E-state index in [9.17, 15) is 19.8 Å². The van der Waals surface area contributed by atoms with Gasteiger partial charge in [0.05, 0.1) is 24.4 Å². The molecule has 34 heavy (non-hydrogen) atoms. The largest absolute Gasteiger partial charge is 0.458 e. The smallest absolute Gasteiger partial charge is 0.336 e. The van der Waals surface area contributed by atoms with E-state index in [1.165, 1.54) is 0 Å². The fourth-order valence-corrected chi connectivity index (χ4v) is 9.65. The summed E-state index contributed by atoms with van der Waals surface area (Å²) in [5.41, 5.74) is 0.605. The first-order chi connectivity index (χ1) is 16.1. The van der Waals surface area contributed by atoms with Crippen LogP contribution < -0.4 is 0 Å². The quantitative estimate of drug-likeness (QED) is 0.485. The third kappa shape index (κ3) is 2.63. The third-order valence-electron chi connectivity index (χ3n) is 11.6. The highest BCUT2D eigenvalue weighted by Crippen LogP contribution is 2.77. The zero-order valence-corrected chi connectivity index (χ0v) is 20.8. The van der Waals surface area contributed by atoms with Crippen molar-refractivity contribution < 1.29 is 29.3 Å². The molecule has 0 aromatic carbocycles. The van der Waals surface area contributed by atoms with E-state index in [4.69, 9.17) is 9.47 Å². The molecule has 4 fully saturated rings. The van der Waals surface area contributed by atoms with Crippen molar-refractivity contribution in [1.29, 1.82) is 0 Å². The number of rotatable bonds is 3. The first kappa shape index (κ1) is 22.9. The molecular formula is C28H38O6. The number of aliphatic hydroxyl groups excluding tert-OH is 2. The summed E-state index contributed by atoms with van der Waals surface area (Å²) in [7, 11) is 0. The van der Waals surface area contributed by atoms with Crippen molar-refractivity contribution in [2.45, 2.75) is 90.1 Å². The summed E-state index contributed by atoms with van der Waals surface area (Å²) < 4.78 is 12.5. The number of ether oxygens (including phenoxy) is 2. The molecule has 1 spiro atoms. The van der Waals surface area contributed by atoms with E-state index in [-0.39, 0.29) is 59.3 Å². The molecule has 6 nitrogen and oxygen atoms in total. The number of hydrogen-bond acceptors (Lipinski definition) is 6. The van der Waals surface area contributed by atoms with Crippen LogP contribution in [0.25, 0.3) is 0 Å². The number of epoxide rings is 1. The highest BCUT2D eigenvalue weighted by molar-refractivity contribution is 5.96. The number of ketones is 1. The van der Waals surface area contributed by atoms with Crippen LogP contribution in [-0.2, 0) is 19.1 Å². The lowest BCUT2D eigenvalue weighted by atomic mass is 9.44. The minimum Gasteiger partial charge on any atom is -0.458 e. The Labute approximate surface area is 201 Å². The molecule has 1 saturated heterocycles. The van der Waals surface area contributed by atoms with Crippen molar-refractivity contribution in [2.75, 3.05) is 6.61 Å². The van der Waals surface area contributed by atoms with Crippen molar-refractivity contribution in [3.8, 4) is 0 Å². The number of cyclic esters (lactones) is 1. The van der Waals surface area contributed by atoms with Gasteiger partial charge >= 0.3 is 5.97 Å². The molecule has 4 aliphatic carbocycles. The number of aliphatic hydroxyl groups is 2. The van der Waals surface area contributed by atoms with Gasteiger partial charge in [0.2, 0.25) is 0 Å². The van der Waals surface area contributed by atoms with Crippen LogP contribution in [0.2, 0.25) is 0 Å². The van der Waals surface area contributed by atoms with Gasteiger partial charge in [-0.1, -0.05) is 32.4 Å². The van der Waals surface area contributed by atoms with Crippen LogP contribution in [-0.4, -0.2) is 52.5 Å². The van der Waals surface area contributed by atoms with Crippen LogP contribution in [0, 0.1) is 40.4 Å². The molecular weight excluding hydrogens is 432 g/mol. The standard InChI is InChI=1S/C28H38O6/c1-14-11-22(33-25(32)16(14)13-29)15(2)20-12-24-28(34-24)18-5-6-19-21(30)7-8-23(31)27(19,4)17(18)9-10-26(20,28)3/h7-8,15,17-22,24,29-30H,5-6,9-13H2,1-4H3. The Morgan fingerprint density at radius 2 is 1.88 bits per heavy atom. The fraction of sp³-hybridized carbons (Fsp3) is 0.786. The molecule has 11 atom stereocenters. The second-order valence-electron chi connectivity index (χ2n) is 12.5. The van der Waals surface area contributed by atoms with Gasteiger partial charge in [-0.25, -0.2) is 4.79 Å². The Bertz CT molecular complexity index is 999. The molecule has 0 bridgehead atoms. The second kappa shape index (κ2) is 7.27. The fourth-order valence-electron chi connectivity index (χ4n) is 9.65. The summed E-state index contributed by atoms with van der Waals surface area (Å²) in [6, 6.07) is 0. The molecule has 2 aliphatic heterocycles. The highest BCUT2D eigenvalue weighted by Gasteiger charge is 2.81. The maximum absolute atomic E-state index is 13.2. The zero-order chi connectivity index (χ0) is 24.2. The first-order valence-electron chi connectivity index (χ1n) is 13.2. The van der Waals surface area contributed by atoms with E-state index < -0.39 is 11.5 Å². The van der Waals surface area contributed by atoms with Crippen molar-refractivity contribution in [3.63, 3.8) is 0 Å². The van der Waals surface area contributed by atoms with Crippen LogP contribution in [0.5, 0.6) is 0 Å². The number of hydrogen-bond donors (Lipinski definition) is 2. The molecule has 0 aromatic heterocycles. The number of carbonyl (C=O) groups is 2. The minimum atomic E-state index is -0.539. The number of allylic oxidation sites excluding steroid dienone is 1. The average molecular weight is 471 g/mol. The van der Waals surface area contributed by atoms with Crippen LogP contribution in [0.4, 0.5) is 0 Å². The molecule has 11 unspecified atom stereocenters. The Morgan fingerprint density at radius 1 is 1.15 bits per heavy atom. The monoisotopic (exact) mass is 470 g/mol. The van der Waals surface area contributed by atoms with Crippen LogP contribution >= 0.6 is 0 Å². The number of fused-ring (bicyclic) bond motifs is 3. The van der Waals surface area contributed by atoms with Crippen LogP contribution in [0.3, 0.4) is 0 Å². The van der Waals surface area contributed by atoms with Crippen molar-refractivity contribution in [2.24, 2.45) is 40.4 Å². The van der Waals surface area contributed by atoms with Gasteiger partial charge in [0.25, 0.3) is 0 Å². The van der Waals surface area contributed by atoms with E-state index in [2.05, 4.69) is 20.8 Å². The molecule has 2 N–H and O–H groups in total. The third-order valence-corrected chi connectivity index (χ3v) is 11.6. The Balaban J connectivity index is 1.29. The molecule has 2 heterocycles. The summed E-state index contributed by atoms with van der Waals surface area (Å²) in [4.78, 5) is 25.7. The van der Waals surface area contributed by atoms with E-state index in [1.54, 1.807) is 12.2 Å². The maximum Gasteiger partial charge on any atom is 0.336 e. The molecule has 6 aliphatic rings. The van der Waals surface area contributed by atoms with Gasteiger partial charge in [0.1, 0.15) is 11.7 Å². The van der Waals surface area contributed by atoms with Gasteiger partial charge in [-0.05, 0) is 68.8 Å². The van der Waals surface area contributed by atoms with Gasteiger partial charge in [0.15, 0.2) is 5.78 Å². The zero-order valence-electron chi connectivity index (χ0n) is 20.8. The van der Waals surface area contributed by atoms with Gasteiger partial charge in [0, 0.05) is 23.2 Å². The molecule has 0 amide bonds. The topological polar surface area (TPSA) is 96.4 Å². The molecule has 0 aromatic rings. The highest BCUT2D eigenvalue weighted by atomic mass is 16.6. The first-order valence-corrected chi connectivity index (χ1v) is 13.2. The lowest BCUT2D eigenvalue weighted by Crippen LogP contribution is -2.62. The summed E-state index contributed by atoms with van der Waals surface area (Å²) >= 11 is 0. The SMILES string of the molecule is CC1=C(CO)C(=O)OC(C(C)C2CC3OC34C3CCC5C(O)C=CC(=O)C5(C)C3CCC24C)C1. The lowest BCUT2D eigenvalue weighted by molar-refractivity contribution is -0.168. The Morgan fingerprint density at radius 3 is 2.59 bits per heavy atom. The van der Waals surface area contributed by atoms with Gasteiger partial charge < -0.3 is 19.7 Å². The number of esters is 1. The molecule has 186 valence electrons. The van der Waals surface area contributed by atoms with Gasteiger partial charge in [-0.15, -0.1) is 0 Å². The average Bonchev–Trinajstić information content (AvgIpc) is 3.46. The predicted molar refractivity (Wildman–Crippen MR) is 124 cm³/mol. The maximum atomic E-state index is 13.2. The van der Waals surface area contributed by atoms with Crippen LogP contribution in [0.15, 0.2) is 23.3 Å². The summed E-state index contributed by atoms with van der Waals surface area (Å²) in [5.74, 6) is 0.934. The molecule has 3 saturated carbocycles. The van der Waals surface area contributed by atoms with E-state index in [0.29, 0.717) is 23.8 Å². The Hall–Kier alpha value is -1.50. The Kier molecular flexibility index (Phi) is 4.90. The molecule has 6 heteroatoms. The second-order valence-corrected chi connectivity index (χ2v) is 12.5. The molecule has 0 radical (unpaired) electrons. The molecule has 6 rings (SSSR count). The van der Waals surface area contributed by atoms with Crippen molar-refractivity contribution in [1.82, 2.24) is 0 Å². The van der Waals surface area contributed by atoms with Crippen molar-refractivity contribution >= 4 is 11.8 Å².